The maximum atomic E-state index is 14.2. The van der Waals surface area contributed by atoms with Crippen molar-refractivity contribution in [2.75, 3.05) is 37.6 Å². The molecule has 4 atom stereocenters. The molecule has 58 heavy (non-hydrogen) atoms. The number of piperazine rings is 1. The second-order valence-corrected chi connectivity index (χ2v) is 14.3. The standard InChI is InChI=1S/C43H39F5N4O6/c1-25-34(23-50-16-18-51(19-17-50)32-12-14-33(15-13-32)52(55)56)57-43(58-41(25)28-10-8-26(24-53)9-11-28)31-7-3-6-30(21-31)29-5-2-4-27(20-29)22-49-42(54)35-36(44)38(46)40(48)39(47)37(35)45/h2-15,20-21,25,34,41,43,53H,16-19,22-24H2,1H3,(H,49,54). The number of halogens is 5. The zero-order chi connectivity index (χ0) is 41.1. The fourth-order valence-electron chi connectivity index (χ4n) is 7.36. The average Bonchev–Trinajstić information content (AvgIpc) is 3.25. The first-order valence-corrected chi connectivity index (χ1v) is 18.6. The summed E-state index contributed by atoms with van der Waals surface area (Å²) in [7, 11) is 0. The van der Waals surface area contributed by atoms with E-state index in [1.54, 1.807) is 30.3 Å². The van der Waals surface area contributed by atoms with Crippen LogP contribution in [0.15, 0.2) is 97.1 Å². The van der Waals surface area contributed by atoms with Gasteiger partial charge in [0.05, 0.1) is 23.7 Å². The molecule has 1 amide bonds. The largest absolute Gasteiger partial charge is 0.392 e. The molecule has 2 aliphatic heterocycles. The Balaban J connectivity index is 1.07. The van der Waals surface area contributed by atoms with E-state index in [1.807, 2.05) is 54.6 Å². The van der Waals surface area contributed by atoms with E-state index >= 15 is 0 Å². The highest BCUT2D eigenvalue weighted by atomic mass is 19.2. The van der Waals surface area contributed by atoms with Gasteiger partial charge in [0.15, 0.2) is 29.6 Å². The number of aliphatic hydroxyl groups is 1. The Kier molecular flexibility index (Phi) is 12.1. The maximum absolute atomic E-state index is 14.2. The third kappa shape index (κ3) is 8.57. The van der Waals surface area contributed by atoms with Crippen molar-refractivity contribution in [2.45, 2.75) is 38.6 Å². The number of nitro groups is 1. The molecule has 2 saturated heterocycles. The van der Waals surface area contributed by atoms with Crippen molar-refractivity contribution in [3.05, 3.63) is 164 Å². The first-order valence-electron chi connectivity index (χ1n) is 18.6. The molecule has 5 aromatic carbocycles. The molecule has 0 bridgehead atoms. The molecule has 0 aromatic heterocycles. The molecule has 2 fully saturated rings. The monoisotopic (exact) mass is 802 g/mol. The lowest BCUT2D eigenvalue weighted by Crippen LogP contribution is -2.51. The number of hydrogen-bond acceptors (Lipinski definition) is 8. The molecule has 2 heterocycles. The second kappa shape index (κ2) is 17.4. The van der Waals surface area contributed by atoms with Gasteiger partial charge in [-0.25, -0.2) is 22.0 Å². The first kappa shape index (κ1) is 40.5. The van der Waals surface area contributed by atoms with E-state index in [1.165, 1.54) is 12.1 Å². The second-order valence-electron chi connectivity index (χ2n) is 14.3. The van der Waals surface area contributed by atoms with Crippen molar-refractivity contribution in [3.63, 3.8) is 0 Å². The fourth-order valence-corrected chi connectivity index (χ4v) is 7.36. The van der Waals surface area contributed by atoms with Gasteiger partial charge in [-0.2, -0.15) is 0 Å². The fraction of sp³-hybridized carbons (Fsp3) is 0.279. The Morgan fingerprint density at radius 3 is 2.03 bits per heavy atom. The van der Waals surface area contributed by atoms with Gasteiger partial charge in [-0.1, -0.05) is 67.6 Å². The summed E-state index contributed by atoms with van der Waals surface area (Å²) in [6.07, 6.45) is -1.37. The van der Waals surface area contributed by atoms with Gasteiger partial charge >= 0.3 is 0 Å². The molecule has 10 nitrogen and oxygen atoms in total. The number of carbonyl (C=O) groups is 1. The van der Waals surface area contributed by atoms with Crippen LogP contribution in [0.4, 0.5) is 33.3 Å². The van der Waals surface area contributed by atoms with Crippen molar-refractivity contribution < 1.29 is 46.3 Å². The van der Waals surface area contributed by atoms with Crippen LogP contribution in [-0.4, -0.2) is 59.7 Å². The van der Waals surface area contributed by atoms with Crippen LogP contribution in [0.1, 0.15) is 51.9 Å². The summed E-state index contributed by atoms with van der Waals surface area (Å²) in [4.78, 5) is 27.8. The van der Waals surface area contributed by atoms with Gasteiger partial charge in [-0.3, -0.25) is 19.8 Å². The zero-order valence-corrected chi connectivity index (χ0v) is 31.2. The number of non-ortho nitro benzene ring substituents is 1. The molecule has 0 saturated carbocycles. The van der Waals surface area contributed by atoms with Crippen molar-refractivity contribution in [1.29, 1.82) is 0 Å². The number of anilines is 1. The van der Waals surface area contributed by atoms with Crippen molar-refractivity contribution in [2.24, 2.45) is 5.92 Å². The lowest BCUT2D eigenvalue weighted by molar-refractivity contribution is -0.384. The van der Waals surface area contributed by atoms with Crippen LogP contribution in [0, 0.1) is 45.1 Å². The normalized spacial score (nSPS) is 19.9. The number of benzene rings is 5. The third-order valence-electron chi connectivity index (χ3n) is 10.7. The van der Waals surface area contributed by atoms with Gasteiger partial charge in [0.1, 0.15) is 5.56 Å². The van der Waals surface area contributed by atoms with E-state index in [9.17, 15) is 42.0 Å². The third-order valence-corrected chi connectivity index (χ3v) is 10.7. The predicted molar refractivity (Wildman–Crippen MR) is 204 cm³/mol. The number of nitrogens with one attached hydrogen (secondary N) is 1. The maximum Gasteiger partial charge on any atom is 0.269 e. The molecule has 5 aromatic rings. The number of aliphatic hydroxyl groups excluding tert-OH is 1. The predicted octanol–water partition coefficient (Wildman–Crippen LogP) is 7.99. The van der Waals surface area contributed by atoms with Gasteiger partial charge in [-0.15, -0.1) is 0 Å². The molecule has 4 unspecified atom stereocenters. The summed E-state index contributed by atoms with van der Waals surface area (Å²) < 4.78 is 82.8. The molecule has 2 N–H and O–H groups in total. The van der Waals surface area contributed by atoms with Crippen LogP contribution in [0.3, 0.4) is 0 Å². The van der Waals surface area contributed by atoms with Crippen LogP contribution in [0.2, 0.25) is 0 Å². The van der Waals surface area contributed by atoms with Crippen LogP contribution in [-0.2, 0) is 22.6 Å². The number of hydrogen-bond donors (Lipinski definition) is 2. The lowest BCUT2D eigenvalue weighted by atomic mass is 9.89. The quantitative estimate of drug-likeness (QED) is 0.0454. The van der Waals surface area contributed by atoms with Crippen LogP contribution < -0.4 is 10.2 Å². The van der Waals surface area contributed by atoms with E-state index in [0.29, 0.717) is 17.7 Å². The molecule has 7 rings (SSSR count). The Labute approximate surface area is 330 Å². The van der Waals surface area contributed by atoms with E-state index in [2.05, 4.69) is 22.0 Å². The Hall–Kier alpha value is -5.74. The average molecular weight is 803 g/mol. The van der Waals surface area contributed by atoms with Gasteiger partial charge in [0.2, 0.25) is 5.82 Å². The summed E-state index contributed by atoms with van der Waals surface area (Å²) in [6, 6.07) is 28.6. The minimum Gasteiger partial charge on any atom is -0.392 e. The first-order chi connectivity index (χ1) is 27.9. The molecule has 0 radical (unpaired) electrons. The SMILES string of the molecule is CC1C(CN2CCN(c3ccc([N+](=O)[O-])cc3)CC2)OC(c2cccc(-c3cccc(CNC(=O)c4c(F)c(F)c(F)c(F)c4F)c3)c2)OC1c1ccc(CO)cc1. The molecule has 2 aliphatic rings. The summed E-state index contributed by atoms with van der Waals surface area (Å²) in [5, 5.41) is 23.0. The molecular weight excluding hydrogens is 763 g/mol. The molecule has 0 spiro atoms. The summed E-state index contributed by atoms with van der Waals surface area (Å²) in [5.74, 6) is -12.7. The van der Waals surface area contributed by atoms with Gasteiger partial charge in [-0.05, 0) is 52.1 Å². The number of nitrogens with zero attached hydrogens (tertiary/aromatic N) is 3. The number of nitro benzene ring substituents is 1. The van der Waals surface area contributed by atoms with Gasteiger partial charge in [0, 0.05) is 68.6 Å². The smallest absolute Gasteiger partial charge is 0.269 e. The summed E-state index contributed by atoms with van der Waals surface area (Å²) in [6.45, 7) is 5.31. The van der Waals surface area contributed by atoms with Gasteiger partial charge in [0.25, 0.3) is 11.6 Å². The molecular formula is C43H39F5N4O6. The highest BCUT2D eigenvalue weighted by Gasteiger charge is 2.39. The highest BCUT2D eigenvalue weighted by Crippen LogP contribution is 2.42. The van der Waals surface area contributed by atoms with E-state index in [-0.39, 0.29) is 37.0 Å². The number of rotatable bonds is 11. The topological polar surface area (TPSA) is 117 Å². The summed E-state index contributed by atoms with van der Waals surface area (Å²) in [5.41, 5.74) is 3.82. The number of ether oxygens (including phenoxy) is 2. The van der Waals surface area contributed by atoms with E-state index in [4.69, 9.17) is 9.47 Å². The Bertz CT molecular complexity index is 2260. The van der Waals surface area contributed by atoms with E-state index in [0.717, 1.165) is 54.1 Å². The Morgan fingerprint density at radius 1 is 0.776 bits per heavy atom. The molecule has 15 heteroatoms. The number of carbonyl (C=O) groups excluding carboxylic acids is 1. The summed E-state index contributed by atoms with van der Waals surface area (Å²) >= 11 is 0. The van der Waals surface area contributed by atoms with E-state index < -0.39 is 51.8 Å². The van der Waals surface area contributed by atoms with Crippen LogP contribution in [0.5, 0.6) is 0 Å². The minimum atomic E-state index is -2.35. The van der Waals surface area contributed by atoms with Crippen LogP contribution in [0.25, 0.3) is 11.1 Å². The molecule has 0 aliphatic carbocycles. The number of amides is 1. The van der Waals surface area contributed by atoms with Crippen molar-refractivity contribution >= 4 is 17.3 Å². The lowest BCUT2D eigenvalue weighted by Gasteiger charge is -2.44. The molecule has 302 valence electrons. The zero-order valence-electron chi connectivity index (χ0n) is 31.2. The Morgan fingerprint density at radius 2 is 1.40 bits per heavy atom. The van der Waals surface area contributed by atoms with Crippen LogP contribution >= 0.6 is 0 Å². The van der Waals surface area contributed by atoms with Crippen molar-refractivity contribution in [1.82, 2.24) is 10.2 Å². The van der Waals surface area contributed by atoms with Gasteiger partial charge < -0.3 is 24.8 Å². The highest BCUT2D eigenvalue weighted by molar-refractivity contribution is 5.94. The van der Waals surface area contributed by atoms with Crippen molar-refractivity contribution in [3.8, 4) is 11.1 Å². The minimum absolute atomic E-state index is 0.0455.